The lowest BCUT2D eigenvalue weighted by Crippen LogP contribution is -2.35. The molecule has 0 saturated heterocycles. The molecular weight excluding hydrogens is 821 g/mol. The van der Waals surface area contributed by atoms with Gasteiger partial charge in [-0.25, -0.2) is 0 Å². The number of aromatic amines is 1. The molecule has 5 unspecified atom stereocenters. The van der Waals surface area contributed by atoms with E-state index in [0.717, 1.165) is 44.5 Å². The summed E-state index contributed by atoms with van der Waals surface area (Å²) in [6.07, 6.45) is 23.0. The molecule has 0 radical (unpaired) electrons. The van der Waals surface area contributed by atoms with Gasteiger partial charge in [-0.2, -0.15) is 0 Å². The van der Waals surface area contributed by atoms with Gasteiger partial charge in [0, 0.05) is 80.8 Å². The Hall–Kier alpha value is -6.95. The molecule has 4 bridgehead atoms. The number of methoxy groups -OCH3 is 1. The molecule has 2 aromatic heterocycles. The SMILES string of the molecule is COc1cc(C2CC(=O)CC(OC(C)=O)CCC3(C=CC=CC3C)Cc3c[nH]cc3CC(c3cccc(O)c3)C3=CCNC(=C3)N(CCC(C)=O)c3cccc4cn2cc34)cc(O)c1O. The third-order valence-electron chi connectivity index (χ3n) is 13.5. The van der Waals surface area contributed by atoms with Crippen molar-refractivity contribution in [3.8, 4) is 23.0 Å². The third kappa shape index (κ3) is 9.77. The highest BCUT2D eigenvalue weighted by Crippen LogP contribution is 2.45. The highest BCUT2D eigenvalue weighted by atomic mass is 16.5. The first kappa shape index (κ1) is 44.6. The second-order valence-corrected chi connectivity index (χ2v) is 17.8. The molecule has 338 valence electrons. The number of rotatable bonds is 7. The second-order valence-electron chi connectivity index (χ2n) is 17.8. The van der Waals surface area contributed by atoms with Crippen molar-refractivity contribution in [3.63, 3.8) is 0 Å². The predicted molar refractivity (Wildman–Crippen MR) is 251 cm³/mol. The zero-order valence-corrected chi connectivity index (χ0v) is 37.4. The number of ether oxygens (including phenoxy) is 2. The standard InChI is InChI=1S/C53H58N4O8/c1-33-9-5-6-17-53(33)18-14-44(65-35(3)59)26-43(61)27-48(39-23-49(62)52(63)50(24-39)64-4)56-31-38-11-8-13-47(46(38)32-56)57(20-16-34(2)58)51-25-37(15-19-55-51)45(36-10-7-12-42(60)21-36)22-40-29-54-30-41(40)28-53/h5-13,15,17,21,23-25,29-33,44-45,48,54-55,60,62-63H,14,16,18-20,22,26-28H2,1-4H3. The quantitative estimate of drug-likeness (QED) is 0.0786. The summed E-state index contributed by atoms with van der Waals surface area (Å²) in [6, 6.07) is 15.8. The molecule has 5 atom stereocenters. The number of anilines is 1. The summed E-state index contributed by atoms with van der Waals surface area (Å²) >= 11 is 0. The number of hydrogen-bond acceptors (Lipinski definition) is 10. The van der Waals surface area contributed by atoms with Crippen LogP contribution < -0.4 is 15.0 Å². The van der Waals surface area contributed by atoms with Gasteiger partial charge in [0.2, 0.25) is 5.75 Å². The molecular formula is C53H58N4O8. The molecule has 0 fully saturated rings. The highest BCUT2D eigenvalue weighted by Gasteiger charge is 2.37. The normalized spacial score (nSPS) is 22.7. The second kappa shape index (κ2) is 19.0. The van der Waals surface area contributed by atoms with Crippen LogP contribution in [0.1, 0.15) is 87.1 Å². The number of phenolic OH excluding ortho intramolecular Hbond substituents is 3. The molecule has 8 rings (SSSR count). The highest BCUT2D eigenvalue weighted by molar-refractivity contribution is 5.95. The fraction of sp³-hybridized carbons (Fsp3) is 0.340. The van der Waals surface area contributed by atoms with Crippen molar-refractivity contribution in [3.05, 3.63) is 149 Å². The van der Waals surface area contributed by atoms with E-state index >= 15 is 0 Å². The summed E-state index contributed by atoms with van der Waals surface area (Å²) in [7, 11) is 1.40. The van der Waals surface area contributed by atoms with Crippen LogP contribution in [-0.2, 0) is 32.0 Å². The van der Waals surface area contributed by atoms with Gasteiger partial charge >= 0.3 is 5.97 Å². The van der Waals surface area contributed by atoms with Crippen LogP contribution in [0.5, 0.6) is 23.0 Å². The van der Waals surface area contributed by atoms with Gasteiger partial charge in [-0.15, -0.1) is 0 Å². The maximum absolute atomic E-state index is 14.5. The van der Waals surface area contributed by atoms with Gasteiger partial charge in [0.15, 0.2) is 11.5 Å². The maximum Gasteiger partial charge on any atom is 0.302 e. The van der Waals surface area contributed by atoms with E-state index < -0.39 is 23.9 Å². The predicted octanol–water partition coefficient (Wildman–Crippen LogP) is 9.23. The number of hydrogen-bond donors (Lipinski definition) is 5. The summed E-state index contributed by atoms with van der Waals surface area (Å²) in [5.41, 5.74) is 5.33. The number of esters is 1. The number of dihydropyridines is 1. The number of phenols is 3. The molecule has 4 heterocycles. The summed E-state index contributed by atoms with van der Waals surface area (Å²) < 4.78 is 13.3. The van der Waals surface area contributed by atoms with E-state index in [-0.39, 0.29) is 65.3 Å². The van der Waals surface area contributed by atoms with Crippen molar-refractivity contribution < 1.29 is 39.2 Å². The first-order chi connectivity index (χ1) is 31.3. The molecule has 65 heavy (non-hydrogen) atoms. The van der Waals surface area contributed by atoms with E-state index in [1.807, 2.05) is 47.3 Å². The number of aromatic hydroxyl groups is 3. The minimum Gasteiger partial charge on any atom is -0.508 e. The average molecular weight is 879 g/mol. The minimum absolute atomic E-state index is 0.0241. The van der Waals surface area contributed by atoms with Crippen LogP contribution in [0.3, 0.4) is 0 Å². The lowest BCUT2D eigenvalue weighted by molar-refractivity contribution is -0.148. The lowest BCUT2D eigenvalue weighted by Gasteiger charge is -2.38. The van der Waals surface area contributed by atoms with E-state index in [4.69, 9.17) is 9.47 Å². The fourth-order valence-corrected chi connectivity index (χ4v) is 9.93. The smallest absolute Gasteiger partial charge is 0.302 e. The van der Waals surface area contributed by atoms with Crippen molar-refractivity contribution in [1.29, 1.82) is 0 Å². The molecule has 2 aliphatic heterocycles. The van der Waals surface area contributed by atoms with Gasteiger partial charge in [0.05, 0.1) is 18.8 Å². The van der Waals surface area contributed by atoms with E-state index in [1.54, 1.807) is 19.1 Å². The Morgan fingerprint density at radius 2 is 1.75 bits per heavy atom. The largest absolute Gasteiger partial charge is 0.508 e. The number of Topliss-reactive ketones (excluding diaryl/α,β-unsaturated/α-hetero) is 2. The first-order valence-corrected chi connectivity index (χ1v) is 22.4. The zero-order valence-electron chi connectivity index (χ0n) is 37.4. The van der Waals surface area contributed by atoms with Crippen LogP contribution >= 0.6 is 0 Å². The van der Waals surface area contributed by atoms with Crippen LogP contribution in [0.25, 0.3) is 10.8 Å². The number of ketones is 2. The summed E-state index contributed by atoms with van der Waals surface area (Å²) in [6.45, 7) is 6.08. The Labute approximate surface area is 379 Å². The number of fused-ring (bicyclic) bond motifs is 3. The topological polar surface area (TPSA) is 166 Å². The Balaban J connectivity index is 1.31. The molecule has 0 amide bonds. The van der Waals surface area contributed by atoms with E-state index in [1.165, 1.54) is 20.1 Å². The van der Waals surface area contributed by atoms with Gasteiger partial charge in [0.1, 0.15) is 29.2 Å². The fourth-order valence-electron chi connectivity index (χ4n) is 9.93. The van der Waals surface area contributed by atoms with E-state index in [9.17, 15) is 29.7 Å². The molecule has 12 heteroatoms. The maximum atomic E-state index is 14.5. The van der Waals surface area contributed by atoms with Gasteiger partial charge in [0.25, 0.3) is 0 Å². The Morgan fingerprint density at radius 1 is 0.938 bits per heavy atom. The van der Waals surface area contributed by atoms with Crippen LogP contribution in [-0.4, -0.2) is 68.7 Å². The number of carbonyl (C=O) groups is 3. The van der Waals surface area contributed by atoms with E-state index in [2.05, 4.69) is 77.0 Å². The average Bonchev–Trinajstić information content (AvgIpc) is 3.92. The molecule has 1 spiro atoms. The Bertz CT molecular complexity index is 2720. The Kier molecular flexibility index (Phi) is 13.1. The van der Waals surface area contributed by atoms with Crippen molar-refractivity contribution in [1.82, 2.24) is 14.9 Å². The summed E-state index contributed by atoms with van der Waals surface area (Å²) in [5.74, 6) is -0.328. The van der Waals surface area contributed by atoms with Crippen molar-refractivity contribution >= 4 is 34.0 Å². The molecule has 12 nitrogen and oxygen atoms in total. The zero-order chi connectivity index (χ0) is 45.8. The number of H-pyrrole nitrogens is 1. The van der Waals surface area contributed by atoms with Crippen LogP contribution in [0.2, 0.25) is 0 Å². The van der Waals surface area contributed by atoms with E-state index in [0.29, 0.717) is 44.3 Å². The van der Waals surface area contributed by atoms with Gasteiger partial charge in [-0.3, -0.25) is 14.4 Å². The molecule has 5 aromatic rings. The molecule has 1 aliphatic carbocycles. The first-order valence-electron chi connectivity index (χ1n) is 22.4. The van der Waals surface area contributed by atoms with Gasteiger partial charge in [-0.1, -0.05) is 61.6 Å². The van der Waals surface area contributed by atoms with Crippen molar-refractivity contribution in [2.75, 3.05) is 25.1 Å². The Morgan fingerprint density at radius 3 is 2.52 bits per heavy atom. The summed E-state index contributed by atoms with van der Waals surface area (Å²) in [5, 5.41) is 37.7. The van der Waals surface area contributed by atoms with Crippen LogP contribution in [0.15, 0.2) is 127 Å². The van der Waals surface area contributed by atoms with Crippen molar-refractivity contribution in [2.45, 2.75) is 83.8 Å². The monoisotopic (exact) mass is 878 g/mol. The number of nitrogens with one attached hydrogen (secondary N) is 2. The number of benzene rings is 3. The number of allylic oxidation sites excluding steroid dienone is 6. The number of nitrogens with zero attached hydrogens (tertiary/aromatic N) is 2. The van der Waals surface area contributed by atoms with Crippen LogP contribution in [0.4, 0.5) is 5.69 Å². The molecule has 0 saturated carbocycles. The third-order valence-corrected chi connectivity index (χ3v) is 13.5. The molecule has 3 aromatic carbocycles. The lowest BCUT2D eigenvalue weighted by atomic mass is 9.66. The van der Waals surface area contributed by atoms with Gasteiger partial charge in [-0.05, 0) is 108 Å². The molecule has 5 N–H and O–H groups in total. The summed E-state index contributed by atoms with van der Waals surface area (Å²) in [4.78, 5) is 45.4. The molecule has 3 aliphatic rings. The number of aromatic nitrogens is 2. The van der Waals surface area contributed by atoms with Gasteiger partial charge < -0.3 is 44.6 Å². The van der Waals surface area contributed by atoms with Crippen LogP contribution in [0, 0.1) is 11.3 Å². The van der Waals surface area contributed by atoms with Crippen molar-refractivity contribution in [2.24, 2.45) is 11.3 Å². The number of carbonyl (C=O) groups excluding carboxylic acids is 3. The minimum atomic E-state index is -0.696.